The molecule has 12 heterocycles. The van der Waals surface area contributed by atoms with Gasteiger partial charge in [-0.05, 0) is 286 Å². The Bertz CT molecular complexity index is 5110. The van der Waals surface area contributed by atoms with Crippen LogP contribution in [0.15, 0.2) is 91.4 Å². The fraction of sp³-hybridized carbons (Fsp3) is 0.649. The molecule has 136 heavy (non-hydrogen) atoms. The van der Waals surface area contributed by atoms with E-state index in [0.29, 0.717) is 103 Å². The van der Waals surface area contributed by atoms with Crippen molar-refractivity contribution in [2.45, 2.75) is 274 Å². The maximum atomic E-state index is 12.9. The number of hydrogen-bond donors (Lipinski definition) is 8. The molecule has 0 unspecified atom stereocenters. The molecule has 15 rings (SSSR count). The van der Waals surface area contributed by atoms with Gasteiger partial charge in [0.05, 0.1) is 47.7 Å². The van der Waals surface area contributed by atoms with Crippen LogP contribution in [0.4, 0.5) is 48.5 Å². The number of nitrogens with zero attached hydrogens (tertiary/aromatic N) is 22. The average Bonchev–Trinajstić information content (AvgIpc) is 1.10. The van der Waals surface area contributed by atoms with Crippen molar-refractivity contribution in [3.63, 3.8) is 0 Å². The summed E-state index contributed by atoms with van der Waals surface area (Å²) in [5.74, 6) is 3.49. The lowest BCUT2D eigenvalue weighted by Gasteiger charge is -2.34. The van der Waals surface area contributed by atoms with Crippen molar-refractivity contribution in [2.24, 2.45) is 5.73 Å². The SMILES string of the molecule is C.C.CC(C)(C)OC(=O)N(CCCn1cc(CN)nn1)CCN1CCCC1.CC(C)(C)OC(=O)N1CCC(Nc2nc(Cl)nc3ccccc23)CC1.CC(C)(C)OC(=O)N1CCC(Nc2nc(NCc3cn(CCCN(CCN4CCCC4)C(=O)OC(C)(C)C)nn3)nc3ccccc23)CC1.c1ccc2c(NC3CCNCC3)nc(NCc3cn(CCCNCCN4CCCC4)nn3)nc2c1. The monoisotopic (exact) mass is 1900 g/mol. The molecule has 6 fully saturated rings. The number of amides is 4. The minimum atomic E-state index is -0.538. The van der Waals surface area contributed by atoms with Gasteiger partial charge in [-0.15, -0.1) is 15.3 Å². The number of benzene rings is 3. The summed E-state index contributed by atoms with van der Waals surface area (Å²) in [6.07, 6.45) is 20.4. The van der Waals surface area contributed by atoms with E-state index in [1.54, 1.807) is 14.5 Å². The number of rotatable bonds is 34. The minimum Gasteiger partial charge on any atom is -0.444 e. The number of nitrogens with two attached hydrogens (primary N) is 1. The van der Waals surface area contributed by atoms with Gasteiger partial charge in [-0.1, -0.05) is 66.9 Å². The van der Waals surface area contributed by atoms with Gasteiger partial charge in [0.15, 0.2) is 0 Å². The van der Waals surface area contributed by atoms with Gasteiger partial charge < -0.3 is 96.2 Å². The molecule has 9 N–H and O–H groups in total. The molecule has 6 aromatic heterocycles. The van der Waals surface area contributed by atoms with Crippen LogP contribution < -0.4 is 43.0 Å². The summed E-state index contributed by atoms with van der Waals surface area (Å²) in [6.45, 7) is 45.3. The van der Waals surface area contributed by atoms with Crippen LogP contribution in [0.1, 0.15) is 211 Å². The van der Waals surface area contributed by atoms with Crippen LogP contribution >= 0.6 is 11.6 Å². The smallest absolute Gasteiger partial charge is 0.410 e. The van der Waals surface area contributed by atoms with E-state index in [1.807, 2.05) is 188 Å². The van der Waals surface area contributed by atoms with Gasteiger partial charge in [-0.25, -0.2) is 39.1 Å². The highest BCUT2D eigenvalue weighted by Gasteiger charge is 2.32. The molecule has 6 saturated heterocycles. The number of anilines is 5. The molecule has 9 aromatic rings. The second-order valence-corrected chi connectivity index (χ2v) is 39.7. The van der Waals surface area contributed by atoms with Crippen molar-refractivity contribution in [3.8, 4) is 0 Å². The van der Waals surface area contributed by atoms with E-state index >= 15 is 0 Å². The second-order valence-electron chi connectivity index (χ2n) is 39.3. The third-order valence-electron chi connectivity index (χ3n) is 23.5. The van der Waals surface area contributed by atoms with Crippen molar-refractivity contribution >= 4 is 98.0 Å². The van der Waals surface area contributed by atoms with Crippen molar-refractivity contribution in [1.82, 2.24) is 120 Å². The molecule has 6 aliphatic rings. The number of nitrogens with one attached hydrogen (secondary N) is 7. The van der Waals surface area contributed by atoms with Gasteiger partial charge in [-0.2, -0.15) is 9.97 Å². The first-order chi connectivity index (χ1) is 64.3. The van der Waals surface area contributed by atoms with E-state index in [4.69, 9.17) is 56.2 Å². The predicted molar refractivity (Wildman–Crippen MR) is 537 cm³/mol. The van der Waals surface area contributed by atoms with Crippen LogP contribution in [0, 0.1) is 0 Å². The molecular weight excluding hydrogens is 1750 g/mol. The Morgan fingerprint density at radius 1 is 0.419 bits per heavy atom. The van der Waals surface area contributed by atoms with Crippen molar-refractivity contribution in [2.75, 3.05) is 164 Å². The molecule has 0 aliphatic carbocycles. The number of para-hydroxylation sites is 3. The highest BCUT2D eigenvalue weighted by molar-refractivity contribution is 6.28. The van der Waals surface area contributed by atoms with Crippen LogP contribution in [-0.2, 0) is 58.2 Å². The van der Waals surface area contributed by atoms with Gasteiger partial charge in [0.1, 0.15) is 51.2 Å². The average molecular weight is 1900 g/mol. The van der Waals surface area contributed by atoms with Gasteiger partial charge in [0, 0.05) is 145 Å². The Kier molecular flexibility index (Phi) is 41.6. The predicted octanol–water partition coefficient (Wildman–Crippen LogP) is 14.3. The van der Waals surface area contributed by atoms with E-state index in [0.717, 1.165) is 204 Å². The Labute approximate surface area is 809 Å². The topological polar surface area (TPSA) is 408 Å². The lowest BCUT2D eigenvalue weighted by atomic mass is 10.1. The number of carbonyl (C=O) groups is 4. The number of carbonyl (C=O) groups excluding carboxylic acids is 4. The van der Waals surface area contributed by atoms with Gasteiger partial charge in [0.25, 0.3) is 0 Å². The normalized spacial score (nSPS) is 16.1. The van der Waals surface area contributed by atoms with E-state index in [1.165, 1.54) is 51.6 Å². The standard InChI is InChI=1S/C35H54N10O4.C25H38N10.C18H23ClN4O2.C17H32N6O2.2CH4/c1-34(2,3)48-32(46)43(23-22-42-16-9-10-17-42)18-11-19-45-25-27(40-41-45)24-36-31-38-29-13-8-7-12-28(29)30(39-31)37-26-14-20-44(21-15-26)33(47)49-35(4,5)6;1-2-7-23-22(6-1)24(29-20-8-11-27-12-9-20)31-25(30-23)28-18-21-19-35(33-32-21)16-5-10-26-13-17-34-14-3-4-15-34;1-18(2,3)25-17(24)23-10-8-12(9-11-23)20-15-13-6-4-5-7-14(13)21-16(19)22-15;1-17(2,3)25-16(24)22(12-11-21-7-4-5-8-21)9-6-10-23-14-15(13-18)19-20-23;;/h7-8,12-13,25-26H,9-11,14-24H2,1-6H3,(H2,36,37,38,39);1-2,6-7,19-20,26-27H,3-5,8-18H2,(H2,28,29,30,31);4-7,12H,8-11H2,1-3H3,(H,20,21,22);14H,4-13,18H2,1-3H3;2*1H4. The van der Waals surface area contributed by atoms with E-state index in [9.17, 15) is 19.2 Å². The number of aromatic nitrogens is 15. The van der Waals surface area contributed by atoms with Crippen LogP contribution in [0.5, 0.6) is 0 Å². The summed E-state index contributed by atoms with van der Waals surface area (Å²) in [5.41, 5.74) is 8.55. The number of hydrogen-bond acceptors (Lipinski definition) is 31. The van der Waals surface area contributed by atoms with Crippen LogP contribution in [0.3, 0.4) is 0 Å². The Balaban J connectivity index is 0.000000194. The summed E-state index contributed by atoms with van der Waals surface area (Å²) in [7, 11) is 0. The van der Waals surface area contributed by atoms with Gasteiger partial charge in [0.2, 0.25) is 17.2 Å². The largest absolute Gasteiger partial charge is 0.444 e. The number of aryl methyl sites for hydroxylation is 3. The van der Waals surface area contributed by atoms with Gasteiger partial charge >= 0.3 is 24.4 Å². The lowest BCUT2D eigenvalue weighted by molar-refractivity contribution is 0.0199. The van der Waals surface area contributed by atoms with Crippen molar-refractivity contribution in [1.29, 1.82) is 0 Å². The van der Waals surface area contributed by atoms with E-state index in [-0.39, 0.29) is 56.6 Å². The molecule has 38 nitrogen and oxygen atoms in total. The Morgan fingerprint density at radius 2 is 0.772 bits per heavy atom. The highest BCUT2D eigenvalue weighted by Crippen LogP contribution is 2.30. The van der Waals surface area contributed by atoms with Crippen LogP contribution in [-0.4, -0.2) is 312 Å². The molecular formula is C97H155ClN30O8. The molecule has 0 spiro atoms. The number of ether oxygens (including phenoxy) is 4. The highest BCUT2D eigenvalue weighted by atomic mass is 35.5. The molecule has 4 amide bonds. The summed E-state index contributed by atoms with van der Waals surface area (Å²) in [6, 6.07) is 24.7. The number of halogens is 1. The minimum absolute atomic E-state index is 0. The molecule has 39 heteroatoms. The molecule has 3 aromatic carbocycles. The third kappa shape index (κ3) is 36.3. The molecule has 0 atom stereocenters. The van der Waals surface area contributed by atoms with Crippen LogP contribution in [0.25, 0.3) is 32.7 Å². The molecule has 0 radical (unpaired) electrons. The summed E-state index contributed by atoms with van der Waals surface area (Å²) in [5, 5.41) is 52.8. The van der Waals surface area contributed by atoms with Gasteiger partial charge in [-0.3, -0.25) is 14.0 Å². The zero-order chi connectivity index (χ0) is 95.0. The Morgan fingerprint density at radius 3 is 1.16 bits per heavy atom. The summed E-state index contributed by atoms with van der Waals surface area (Å²) >= 11 is 6.04. The molecule has 0 bridgehead atoms. The molecule has 6 aliphatic heterocycles. The first kappa shape index (κ1) is 107. The van der Waals surface area contributed by atoms with Crippen molar-refractivity contribution in [3.05, 3.63) is 114 Å². The second kappa shape index (κ2) is 52.7. The number of fused-ring (bicyclic) bond motifs is 3. The fourth-order valence-electron chi connectivity index (χ4n) is 16.6. The third-order valence-corrected chi connectivity index (χ3v) is 23.7. The quantitative estimate of drug-likeness (QED) is 0.0105. The lowest BCUT2D eigenvalue weighted by Crippen LogP contribution is -2.44. The Hall–Kier alpha value is -10.8. The molecule has 0 saturated carbocycles. The summed E-state index contributed by atoms with van der Waals surface area (Å²) < 4.78 is 27.7. The van der Waals surface area contributed by atoms with Crippen molar-refractivity contribution < 1.29 is 38.1 Å². The first-order valence-corrected chi connectivity index (χ1v) is 48.8. The number of piperidine rings is 3. The summed E-state index contributed by atoms with van der Waals surface area (Å²) in [4.78, 5) is 92.3. The fourth-order valence-corrected chi connectivity index (χ4v) is 16.8. The van der Waals surface area contributed by atoms with E-state index < -0.39 is 22.4 Å². The van der Waals surface area contributed by atoms with Crippen LogP contribution in [0.2, 0.25) is 5.28 Å². The molecule has 748 valence electrons. The first-order valence-electron chi connectivity index (χ1n) is 48.4. The van der Waals surface area contributed by atoms with E-state index in [2.05, 4.69) is 98.9 Å². The maximum Gasteiger partial charge on any atom is 0.410 e. The number of likely N-dealkylation sites (tertiary alicyclic amines) is 5. The zero-order valence-electron chi connectivity index (χ0n) is 81.2. The maximum absolute atomic E-state index is 12.9. The zero-order valence-corrected chi connectivity index (χ0v) is 81.9.